The van der Waals surface area contributed by atoms with Crippen LogP contribution in [0.15, 0.2) is 30.3 Å². The van der Waals surface area contributed by atoms with Crippen LogP contribution in [0.4, 0.5) is 0 Å². The molecular formula is C17H24N2O2. The lowest BCUT2D eigenvalue weighted by Gasteiger charge is -2.38. The number of rotatable bonds is 4. The normalized spacial score (nSPS) is 22.5. The first kappa shape index (κ1) is 15.6. The second kappa shape index (κ2) is 7.27. The molecule has 1 aromatic carbocycles. The smallest absolute Gasteiger partial charge is 0.246 e. The van der Waals surface area contributed by atoms with E-state index in [0.717, 1.165) is 30.7 Å². The first-order valence-electron chi connectivity index (χ1n) is 7.48. The van der Waals surface area contributed by atoms with E-state index in [1.807, 2.05) is 35.2 Å². The van der Waals surface area contributed by atoms with Crippen LogP contribution >= 0.6 is 0 Å². The lowest BCUT2D eigenvalue weighted by atomic mass is 9.90. The molecule has 4 heteroatoms. The Morgan fingerprint density at radius 1 is 1.52 bits per heavy atom. The van der Waals surface area contributed by atoms with Crippen LogP contribution in [0, 0.1) is 5.92 Å². The number of benzene rings is 1. The zero-order chi connectivity index (χ0) is 15.2. The molecule has 21 heavy (non-hydrogen) atoms. The molecule has 1 aromatic rings. The van der Waals surface area contributed by atoms with Crippen molar-refractivity contribution in [3.8, 4) is 5.75 Å². The maximum atomic E-state index is 12.4. The van der Waals surface area contributed by atoms with Gasteiger partial charge in [-0.25, -0.2) is 0 Å². The highest BCUT2D eigenvalue weighted by molar-refractivity contribution is 5.92. The van der Waals surface area contributed by atoms with Crippen molar-refractivity contribution in [3.05, 3.63) is 35.9 Å². The monoisotopic (exact) mass is 288 g/mol. The van der Waals surface area contributed by atoms with E-state index >= 15 is 0 Å². The highest BCUT2D eigenvalue weighted by Crippen LogP contribution is 2.23. The average Bonchev–Trinajstić information content (AvgIpc) is 2.52. The highest BCUT2D eigenvalue weighted by Gasteiger charge is 2.29. The van der Waals surface area contributed by atoms with E-state index in [0.29, 0.717) is 12.5 Å². The molecule has 0 aromatic heterocycles. The predicted molar refractivity (Wildman–Crippen MR) is 85.0 cm³/mol. The van der Waals surface area contributed by atoms with E-state index in [4.69, 9.17) is 10.5 Å². The molecule has 1 heterocycles. The molecule has 1 aliphatic rings. The van der Waals surface area contributed by atoms with E-state index in [9.17, 15) is 4.79 Å². The molecular weight excluding hydrogens is 264 g/mol. The largest absolute Gasteiger partial charge is 0.497 e. The van der Waals surface area contributed by atoms with Crippen molar-refractivity contribution in [1.29, 1.82) is 0 Å². The van der Waals surface area contributed by atoms with Crippen LogP contribution in [-0.2, 0) is 4.79 Å². The minimum atomic E-state index is 0.0415. The van der Waals surface area contributed by atoms with Crippen molar-refractivity contribution < 1.29 is 9.53 Å². The number of nitrogens with zero attached hydrogens (tertiary/aromatic N) is 1. The van der Waals surface area contributed by atoms with Gasteiger partial charge in [-0.05, 0) is 42.5 Å². The van der Waals surface area contributed by atoms with Crippen LogP contribution in [-0.4, -0.2) is 37.0 Å². The second-order valence-electron chi connectivity index (χ2n) is 5.56. The van der Waals surface area contributed by atoms with Gasteiger partial charge in [-0.2, -0.15) is 0 Å². The number of piperidine rings is 1. The minimum absolute atomic E-state index is 0.0415. The first-order chi connectivity index (χ1) is 10.2. The zero-order valence-electron chi connectivity index (χ0n) is 12.8. The fourth-order valence-corrected chi connectivity index (χ4v) is 2.89. The molecule has 2 rings (SSSR count). The Bertz CT molecular complexity index is 513. The molecule has 114 valence electrons. The maximum absolute atomic E-state index is 12.4. The number of amides is 1. The van der Waals surface area contributed by atoms with Crippen LogP contribution in [0.1, 0.15) is 25.3 Å². The molecule has 1 fully saturated rings. The van der Waals surface area contributed by atoms with Gasteiger partial charge >= 0.3 is 0 Å². The molecule has 2 unspecified atom stereocenters. The van der Waals surface area contributed by atoms with Gasteiger partial charge in [0.25, 0.3) is 0 Å². The standard InChI is InChI=1S/C17H24N2O2/c1-13-5-4-10-19(16(13)12-18)17(20)9-8-14-6-3-7-15(11-14)21-2/h3,6-9,11,13,16H,4-5,10,12,18H2,1-2H3. The van der Waals surface area contributed by atoms with Crippen molar-refractivity contribution >= 4 is 12.0 Å². The van der Waals surface area contributed by atoms with Crippen LogP contribution in [0.2, 0.25) is 0 Å². The van der Waals surface area contributed by atoms with Gasteiger partial charge in [0.15, 0.2) is 0 Å². The number of carbonyl (C=O) groups is 1. The number of likely N-dealkylation sites (tertiary alicyclic amines) is 1. The fourth-order valence-electron chi connectivity index (χ4n) is 2.89. The van der Waals surface area contributed by atoms with Crippen LogP contribution in [0.25, 0.3) is 6.08 Å². The van der Waals surface area contributed by atoms with E-state index < -0.39 is 0 Å². The Morgan fingerprint density at radius 3 is 3.05 bits per heavy atom. The van der Waals surface area contributed by atoms with Gasteiger partial charge in [-0.15, -0.1) is 0 Å². The number of hydrogen-bond acceptors (Lipinski definition) is 3. The molecule has 1 aliphatic heterocycles. The number of carbonyl (C=O) groups excluding carboxylic acids is 1. The summed E-state index contributed by atoms with van der Waals surface area (Å²) >= 11 is 0. The molecule has 0 aliphatic carbocycles. The Balaban J connectivity index is 2.07. The summed E-state index contributed by atoms with van der Waals surface area (Å²) in [6.45, 7) is 3.50. The first-order valence-corrected chi connectivity index (χ1v) is 7.48. The Hall–Kier alpha value is -1.81. The van der Waals surface area contributed by atoms with Gasteiger partial charge in [0.1, 0.15) is 5.75 Å². The average molecular weight is 288 g/mol. The summed E-state index contributed by atoms with van der Waals surface area (Å²) in [6, 6.07) is 7.81. The van der Waals surface area contributed by atoms with Gasteiger partial charge in [-0.1, -0.05) is 19.1 Å². The van der Waals surface area contributed by atoms with Crippen molar-refractivity contribution in [2.45, 2.75) is 25.8 Å². The summed E-state index contributed by atoms with van der Waals surface area (Å²) in [5.74, 6) is 1.30. The van der Waals surface area contributed by atoms with Gasteiger partial charge < -0.3 is 15.4 Å². The van der Waals surface area contributed by atoms with Gasteiger partial charge in [-0.3, -0.25) is 4.79 Å². The number of hydrogen-bond donors (Lipinski definition) is 1. The summed E-state index contributed by atoms with van der Waals surface area (Å²) in [6.07, 6.45) is 5.66. The molecule has 1 saturated heterocycles. The molecule has 2 atom stereocenters. The van der Waals surface area contributed by atoms with E-state index in [1.165, 1.54) is 0 Å². The molecule has 0 saturated carbocycles. The maximum Gasteiger partial charge on any atom is 0.246 e. The highest BCUT2D eigenvalue weighted by atomic mass is 16.5. The molecule has 0 bridgehead atoms. The summed E-state index contributed by atoms with van der Waals surface area (Å²) < 4.78 is 5.18. The van der Waals surface area contributed by atoms with Gasteiger partial charge in [0.05, 0.1) is 7.11 Å². The van der Waals surface area contributed by atoms with E-state index in [1.54, 1.807) is 13.2 Å². The molecule has 2 N–H and O–H groups in total. The minimum Gasteiger partial charge on any atom is -0.497 e. The lowest BCUT2D eigenvalue weighted by molar-refractivity contribution is -0.130. The summed E-state index contributed by atoms with van der Waals surface area (Å²) in [4.78, 5) is 14.3. The molecule has 0 radical (unpaired) electrons. The second-order valence-corrected chi connectivity index (χ2v) is 5.56. The molecule has 4 nitrogen and oxygen atoms in total. The SMILES string of the molecule is COc1cccc(C=CC(=O)N2CCCC(C)C2CN)c1. The third kappa shape index (κ3) is 3.85. The van der Waals surface area contributed by atoms with Crippen molar-refractivity contribution in [3.63, 3.8) is 0 Å². The molecule has 0 spiro atoms. The number of ether oxygens (including phenoxy) is 1. The van der Waals surface area contributed by atoms with Crippen LogP contribution in [0.3, 0.4) is 0 Å². The third-order valence-corrected chi connectivity index (χ3v) is 4.15. The van der Waals surface area contributed by atoms with Crippen LogP contribution in [0.5, 0.6) is 5.75 Å². The Labute approximate surface area is 126 Å². The van der Waals surface area contributed by atoms with E-state index in [2.05, 4.69) is 6.92 Å². The van der Waals surface area contributed by atoms with Crippen molar-refractivity contribution in [2.75, 3.05) is 20.2 Å². The number of methoxy groups -OCH3 is 1. The van der Waals surface area contributed by atoms with E-state index in [-0.39, 0.29) is 11.9 Å². The quantitative estimate of drug-likeness (QED) is 0.865. The van der Waals surface area contributed by atoms with Crippen molar-refractivity contribution in [1.82, 2.24) is 4.90 Å². The number of nitrogens with two attached hydrogens (primary N) is 1. The lowest BCUT2D eigenvalue weighted by Crippen LogP contribution is -2.50. The molecule has 1 amide bonds. The summed E-state index contributed by atoms with van der Waals surface area (Å²) in [5, 5.41) is 0. The summed E-state index contributed by atoms with van der Waals surface area (Å²) in [7, 11) is 1.63. The Kier molecular flexibility index (Phi) is 5.39. The zero-order valence-corrected chi connectivity index (χ0v) is 12.8. The summed E-state index contributed by atoms with van der Waals surface area (Å²) in [5.41, 5.74) is 6.79. The third-order valence-electron chi connectivity index (χ3n) is 4.15. The Morgan fingerprint density at radius 2 is 2.33 bits per heavy atom. The van der Waals surface area contributed by atoms with Crippen LogP contribution < -0.4 is 10.5 Å². The topological polar surface area (TPSA) is 55.6 Å². The van der Waals surface area contributed by atoms with Gasteiger partial charge in [0, 0.05) is 25.2 Å². The fraction of sp³-hybridized carbons (Fsp3) is 0.471. The van der Waals surface area contributed by atoms with Crippen molar-refractivity contribution in [2.24, 2.45) is 11.7 Å². The predicted octanol–water partition coefficient (Wildman–Crippen LogP) is 2.29. The van der Waals surface area contributed by atoms with Gasteiger partial charge in [0.2, 0.25) is 5.91 Å².